The van der Waals surface area contributed by atoms with Crippen LogP contribution in [0.25, 0.3) is 6.08 Å². The minimum absolute atomic E-state index is 0.00509. The quantitative estimate of drug-likeness (QED) is 0.172. The third-order valence-corrected chi connectivity index (χ3v) is 6.23. The summed E-state index contributed by atoms with van der Waals surface area (Å²) in [5.74, 6) is -0.0755. The lowest BCUT2D eigenvalue weighted by atomic mass is 10.1. The second kappa shape index (κ2) is 11.1. The van der Waals surface area contributed by atoms with Gasteiger partial charge >= 0.3 is 0 Å². The number of carbonyl (C=O) groups excluding carboxylic acids is 1. The maximum Gasteiger partial charge on any atom is 0.266 e. The van der Waals surface area contributed by atoms with E-state index in [0.29, 0.717) is 23.6 Å². The molecular formula is C23H14BrFI2N2O2. The van der Waals surface area contributed by atoms with Crippen LogP contribution in [-0.2, 0) is 11.4 Å². The normalized spacial score (nSPS) is 11.0. The maximum atomic E-state index is 13.0. The van der Waals surface area contributed by atoms with Crippen LogP contribution >= 0.6 is 61.1 Å². The van der Waals surface area contributed by atoms with Gasteiger partial charge in [-0.1, -0.05) is 28.1 Å². The first kappa shape index (κ1) is 23.7. The van der Waals surface area contributed by atoms with Crippen molar-refractivity contribution in [3.63, 3.8) is 0 Å². The molecule has 0 fully saturated rings. The molecule has 0 heterocycles. The number of benzene rings is 3. The van der Waals surface area contributed by atoms with Crippen LogP contribution in [0.5, 0.6) is 5.75 Å². The summed E-state index contributed by atoms with van der Waals surface area (Å²) in [5, 5.41) is 12.2. The van der Waals surface area contributed by atoms with Crippen molar-refractivity contribution in [1.82, 2.24) is 0 Å². The Bertz CT molecular complexity index is 1150. The zero-order valence-corrected chi connectivity index (χ0v) is 21.7. The number of nitrogens with zero attached hydrogens (tertiary/aromatic N) is 1. The van der Waals surface area contributed by atoms with Crippen LogP contribution in [-0.4, -0.2) is 5.91 Å². The molecule has 0 unspecified atom stereocenters. The minimum atomic E-state index is -0.480. The van der Waals surface area contributed by atoms with E-state index in [2.05, 4.69) is 66.4 Å². The third kappa shape index (κ3) is 6.75. The molecule has 156 valence electrons. The third-order valence-electron chi connectivity index (χ3n) is 4.10. The van der Waals surface area contributed by atoms with Crippen LogP contribution in [0.3, 0.4) is 0 Å². The maximum absolute atomic E-state index is 13.0. The standard InChI is InChI=1S/C23H14BrFI2N2O2/c24-17-3-7-19(8-4-17)29-23(30)16(12-28)9-15-10-20(26)22(21(27)11-15)31-13-14-1-5-18(25)6-2-14/h1-11H,13H2,(H,29,30)/b16-9-. The van der Waals surface area contributed by atoms with Gasteiger partial charge in [0.1, 0.15) is 29.8 Å². The summed E-state index contributed by atoms with van der Waals surface area (Å²) in [4.78, 5) is 12.5. The lowest BCUT2D eigenvalue weighted by Crippen LogP contribution is -2.13. The smallest absolute Gasteiger partial charge is 0.266 e. The molecule has 0 aliphatic rings. The number of rotatable bonds is 6. The van der Waals surface area contributed by atoms with Crippen LogP contribution in [0.1, 0.15) is 11.1 Å². The van der Waals surface area contributed by atoms with E-state index in [1.807, 2.05) is 18.2 Å². The molecule has 0 spiro atoms. The second-order valence-electron chi connectivity index (χ2n) is 6.36. The highest BCUT2D eigenvalue weighted by molar-refractivity contribution is 14.1. The summed E-state index contributed by atoms with van der Waals surface area (Å²) in [5.41, 5.74) is 2.16. The highest BCUT2D eigenvalue weighted by Crippen LogP contribution is 2.30. The summed E-state index contributed by atoms with van der Waals surface area (Å²) in [6, 6.07) is 18.9. The zero-order chi connectivity index (χ0) is 22.4. The highest BCUT2D eigenvalue weighted by Gasteiger charge is 2.13. The summed E-state index contributed by atoms with van der Waals surface area (Å²) in [7, 11) is 0. The Morgan fingerprint density at radius 1 is 1.10 bits per heavy atom. The fourth-order valence-electron chi connectivity index (χ4n) is 2.58. The molecule has 0 saturated carbocycles. The largest absolute Gasteiger partial charge is 0.487 e. The topological polar surface area (TPSA) is 62.1 Å². The molecule has 0 bridgehead atoms. The van der Waals surface area contributed by atoms with Gasteiger partial charge in [0.05, 0.1) is 7.14 Å². The molecule has 0 aromatic heterocycles. The molecule has 1 N–H and O–H groups in total. The molecule has 1 amide bonds. The fourth-order valence-corrected chi connectivity index (χ4v) is 4.98. The van der Waals surface area contributed by atoms with Gasteiger partial charge in [0.25, 0.3) is 5.91 Å². The predicted octanol–water partition coefficient (Wildman–Crippen LogP) is 6.92. The minimum Gasteiger partial charge on any atom is -0.487 e. The van der Waals surface area contributed by atoms with Gasteiger partial charge in [0.15, 0.2) is 0 Å². The van der Waals surface area contributed by atoms with E-state index in [4.69, 9.17) is 4.74 Å². The van der Waals surface area contributed by atoms with E-state index >= 15 is 0 Å². The van der Waals surface area contributed by atoms with Crippen molar-refractivity contribution in [2.24, 2.45) is 0 Å². The predicted molar refractivity (Wildman–Crippen MR) is 139 cm³/mol. The monoisotopic (exact) mass is 702 g/mol. The Labute approximate surface area is 214 Å². The molecule has 3 aromatic rings. The summed E-state index contributed by atoms with van der Waals surface area (Å²) < 4.78 is 21.5. The highest BCUT2D eigenvalue weighted by atomic mass is 127. The molecule has 4 nitrogen and oxygen atoms in total. The SMILES string of the molecule is N#C/C(=C/c1cc(I)c(OCc2ccc(F)cc2)c(I)c1)C(=O)Nc1ccc(Br)cc1. The number of anilines is 1. The van der Waals surface area contributed by atoms with Crippen molar-refractivity contribution >= 4 is 78.8 Å². The van der Waals surface area contributed by atoms with Crippen molar-refractivity contribution in [3.05, 3.63) is 94.8 Å². The Morgan fingerprint density at radius 2 is 1.71 bits per heavy atom. The van der Waals surface area contributed by atoms with Crippen LogP contribution in [0.2, 0.25) is 0 Å². The van der Waals surface area contributed by atoms with Crippen LogP contribution in [0, 0.1) is 24.3 Å². The van der Waals surface area contributed by atoms with E-state index in [-0.39, 0.29) is 11.4 Å². The number of hydrogen-bond acceptors (Lipinski definition) is 3. The average Bonchev–Trinajstić information content (AvgIpc) is 2.74. The van der Waals surface area contributed by atoms with Gasteiger partial charge in [-0.3, -0.25) is 4.79 Å². The van der Waals surface area contributed by atoms with Gasteiger partial charge in [-0.05, 0) is 111 Å². The molecule has 3 aromatic carbocycles. The Morgan fingerprint density at radius 3 is 2.29 bits per heavy atom. The van der Waals surface area contributed by atoms with Crippen molar-refractivity contribution in [2.75, 3.05) is 5.32 Å². The van der Waals surface area contributed by atoms with Gasteiger partial charge in [0.2, 0.25) is 0 Å². The molecule has 8 heteroatoms. The van der Waals surface area contributed by atoms with Crippen molar-refractivity contribution in [1.29, 1.82) is 5.26 Å². The van der Waals surface area contributed by atoms with Crippen LogP contribution in [0.15, 0.2) is 70.7 Å². The number of nitriles is 1. The summed E-state index contributed by atoms with van der Waals surface area (Å²) >= 11 is 7.64. The fraction of sp³-hybridized carbons (Fsp3) is 0.0435. The van der Waals surface area contributed by atoms with Crippen LogP contribution in [0.4, 0.5) is 10.1 Å². The number of halogens is 4. The molecule has 0 saturated heterocycles. The Hall–Kier alpha value is -1.97. The lowest BCUT2D eigenvalue weighted by Gasteiger charge is -2.12. The Kier molecular flexibility index (Phi) is 8.45. The molecule has 31 heavy (non-hydrogen) atoms. The average molecular weight is 703 g/mol. The number of amides is 1. The van der Waals surface area contributed by atoms with Gasteiger partial charge in [-0.15, -0.1) is 0 Å². The van der Waals surface area contributed by atoms with E-state index in [1.54, 1.807) is 42.5 Å². The van der Waals surface area contributed by atoms with Gasteiger partial charge in [-0.2, -0.15) is 5.26 Å². The van der Waals surface area contributed by atoms with E-state index in [9.17, 15) is 14.4 Å². The van der Waals surface area contributed by atoms with E-state index in [0.717, 1.165) is 17.2 Å². The molecule has 0 aliphatic carbocycles. The lowest BCUT2D eigenvalue weighted by molar-refractivity contribution is -0.112. The number of carbonyl (C=O) groups is 1. The first-order chi connectivity index (χ1) is 14.9. The van der Waals surface area contributed by atoms with Crippen LogP contribution < -0.4 is 10.1 Å². The van der Waals surface area contributed by atoms with E-state index in [1.165, 1.54) is 12.1 Å². The van der Waals surface area contributed by atoms with Gasteiger partial charge in [0, 0.05) is 10.2 Å². The first-order valence-corrected chi connectivity index (χ1v) is 11.9. The number of nitrogens with one attached hydrogen (secondary N) is 1. The van der Waals surface area contributed by atoms with E-state index < -0.39 is 5.91 Å². The Balaban J connectivity index is 1.76. The summed E-state index contributed by atoms with van der Waals surface area (Å²) in [6.45, 7) is 0.306. The van der Waals surface area contributed by atoms with Crippen molar-refractivity contribution < 1.29 is 13.9 Å². The van der Waals surface area contributed by atoms with Gasteiger partial charge < -0.3 is 10.1 Å². The molecule has 0 aliphatic heterocycles. The summed E-state index contributed by atoms with van der Waals surface area (Å²) in [6.07, 6.45) is 1.54. The second-order valence-corrected chi connectivity index (χ2v) is 9.60. The molecule has 0 radical (unpaired) electrons. The molecule has 3 rings (SSSR count). The number of ether oxygens (including phenoxy) is 1. The van der Waals surface area contributed by atoms with Gasteiger partial charge in [-0.25, -0.2) is 4.39 Å². The molecular weight excluding hydrogens is 689 g/mol. The molecule has 0 atom stereocenters. The first-order valence-electron chi connectivity index (χ1n) is 8.90. The zero-order valence-electron chi connectivity index (χ0n) is 15.8. The number of hydrogen-bond donors (Lipinski definition) is 1. The van der Waals surface area contributed by atoms with Crippen molar-refractivity contribution in [2.45, 2.75) is 6.61 Å². The van der Waals surface area contributed by atoms with Crippen molar-refractivity contribution in [3.8, 4) is 11.8 Å².